The molecule has 3 aliphatic rings. The maximum atomic E-state index is 10.4. The van der Waals surface area contributed by atoms with Crippen molar-refractivity contribution in [2.45, 2.75) is 77.2 Å². The molecule has 5 rings (SSSR count). The third kappa shape index (κ3) is 3.96. The lowest BCUT2D eigenvalue weighted by atomic mass is 9.78. The van der Waals surface area contributed by atoms with Crippen LogP contribution in [0.15, 0.2) is 23.4 Å². The minimum Gasteiger partial charge on any atom is -0.492 e. The molecule has 6 nitrogen and oxygen atoms in total. The summed E-state index contributed by atoms with van der Waals surface area (Å²) < 4.78 is 17.3. The number of fused-ring (bicyclic) bond motifs is 3. The number of nitrogens with zero attached hydrogens (tertiary/aromatic N) is 2. The van der Waals surface area contributed by atoms with Crippen molar-refractivity contribution in [3.8, 4) is 17.2 Å². The lowest BCUT2D eigenvalue weighted by molar-refractivity contribution is 0.170. The van der Waals surface area contributed by atoms with Gasteiger partial charge in [-0.2, -0.15) is 0 Å². The fourth-order valence-corrected chi connectivity index (χ4v) is 5.98. The van der Waals surface area contributed by atoms with E-state index in [2.05, 4.69) is 69.9 Å². The van der Waals surface area contributed by atoms with Gasteiger partial charge in [-0.1, -0.05) is 45.8 Å². The Bertz CT molecular complexity index is 1190. The van der Waals surface area contributed by atoms with E-state index in [1.54, 1.807) is 7.11 Å². The van der Waals surface area contributed by atoms with Crippen molar-refractivity contribution >= 4 is 5.71 Å². The van der Waals surface area contributed by atoms with E-state index >= 15 is 0 Å². The van der Waals surface area contributed by atoms with E-state index in [1.165, 1.54) is 22.3 Å². The first-order valence-corrected chi connectivity index (χ1v) is 12.6. The summed E-state index contributed by atoms with van der Waals surface area (Å²) in [5.74, 6) is 2.16. The third-order valence-electron chi connectivity index (χ3n) is 8.21. The first-order chi connectivity index (χ1) is 16.5. The highest BCUT2D eigenvalue weighted by molar-refractivity contribution is 6.02. The van der Waals surface area contributed by atoms with Crippen LogP contribution in [-0.2, 0) is 23.7 Å². The van der Waals surface area contributed by atoms with E-state index in [9.17, 15) is 5.21 Å². The first kappa shape index (κ1) is 24.0. The molecule has 188 valence electrons. The SMILES string of the molecule is COc1c2c(cc3c1[C@H](C/C(=N\O)c1cc(C(C)(C)C)cc4c1CCC4(C)C)N(C)CC3)OCO2. The van der Waals surface area contributed by atoms with Crippen molar-refractivity contribution in [1.82, 2.24) is 4.90 Å². The molecule has 0 saturated carbocycles. The van der Waals surface area contributed by atoms with Gasteiger partial charge in [-0.25, -0.2) is 0 Å². The van der Waals surface area contributed by atoms with Gasteiger partial charge >= 0.3 is 0 Å². The number of oxime groups is 1. The predicted molar refractivity (Wildman–Crippen MR) is 138 cm³/mol. The summed E-state index contributed by atoms with van der Waals surface area (Å²) in [4.78, 5) is 2.33. The summed E-state index contributed by atoms with van der Waals surface area (Å²) in [6.07, 6.45) is 3.59. The van der Waals surface area contributed by atoms with Crippen LogP contribution in [0.4, 0.5) is 0 Å². The van der Waals surface area contributed by atoms with E-state index in [4.69, 9.17) is 14.2 Å². The Kier molecular flexibility index (Phi) is 5.78. The van der Waals surface area contributed by atoms with Gasteiger partial charge in [0.1, 0.15) is 0 Å². The lowest BCUT2D eigenvalue weighted by Gasteiger charge is -2.36. The normalized spacial score (nSPS) is 21.1. The molecule has 2 aromatic rings. The second-order valence-electron chi connectivity index (χ2n) is 11.9. The lowest BCUT2D eigenvalue weighted by Crippen LogP contribution is -2.34. The molecule has 0 spiro atoms. The van der Waals surface area contributed by atoms with Crippen LogP contribution in [0.3, 0.4) is 0 Å². The topological polar surface area (TPSA) is 63.5 Å². The Hall–Kier alpha value is -2.73. The van der Waals surface area contributed by atoms with Crippen molar-refractivity contribution in [2.24, 2.45) is 5.16 Å². The zero-order valence-corrected chi connectivity index (χ0v) is 22.1. The standard InChI is InChI=1S/C29H38N2O4/c1-28(2,3)18-13-20(19-8-10-29(4,5)21(19)14-18)22(30-32)15-23-25-17(9-11-31(23)6)12-24-26(27(25)33-7)35-16-34-24/h12-14,23,32H,8-11,15-16H2,1-7H3/b30-22+/t23-/m0/s1. The molecule has 0 bridgehead atoms. The van der Waals surface area contributed by atoms with Crippen LogP contribution in [0.5, 0.6) is 17.2 Å². The zero-order valence-electron chi connectivity index (χ0n) is 22.1. The number of methoxy groups -OCH3 is 1. The summed E-state index contributed by atoms with van der Waals surface area (Å²) in [5, 5.41) is 14.3. The van der Waals surface area contributed by atoms with Gasteiger partial charge < -0.3 is 19.4 Å². The van der Waals surface area contributed by atoms with Gasteiger partial charge in [-0.05, 0) is 71.5 Å². The minimum absolute atomic E-state index is 0.00163. The summed E-state index contributed by atoms with van der Waals surface area (Å²) >= 11 is 0. The predicted octanol–water partition coefficient (Wildman–Crippen LogP) is 5.74. The molecule has 35 heavy (non-hydrogen) atoms. The molecule has 2 aromatic carbocycles. The van der Waals surface area contributed by atoms with Crippen molar-refractivity contribution in [3.63, 3.8) is 0 Å². The van der Waals surface area contributed by atoms with Crippen LogP contribution in [0.2, 0.25) is 0 Å². The Morgan fingerprint density at radius 3 is 2.66 bits per heavy atom. The Labute approximate surface area is 208 Å². The van der Waals surface area contributed by atoms with Crippen LogP contribution >= 0.6 is 0 Å². The van der Waals surface area contributed by atoms with E-state index < -0.39 is 0 Å². The second kappa shape index (κ2) is 8.44. The van der Waals surface area contributed by atoms with Gasteiger partial charge in [0.25, 0.3) is 0 Å². The van der Waals surface area contributed by atoms with Crippen LogP contribution < -0.4 is 14.2 Å². The number of likely N-dealkylation sites (N-methyl/N-ethyl adjacent to an activating group) is 1. The fraction of sp³-hybridized carbons (Fsp3) is 0.552. The summed E-state index contributed by atoms with van der Waals surface area (Å²) in [6, 6.07) is 6.73. The van der Waals surface area contributed by atoms with Crippen molar-refractivity contribution in [1.29, 1.82) is 0 Å². The summed E-state index contributed by atoms with van der Waals surface area (Å²) in [7, 11) is 3.82. The summed E-state index contributed by atoms with van der Waals surface area (Å²) in [6.45, 7) is 12.5. The van der Waals surface area contributed by atoms with E-state index in [1.807, 2.05) is 0 Å². The zero-order chi connectivity index (χ0) is 25.1. The number of ether oxygens (including phenoxy) is 3. The Morgan fingerprint density at radius 1 is 1.20 bits per heavy atom. The molecule has 0 saturated heterocycles. The molecule has 0 unspecified atom stereocenters. The maximum absolute atomic E-state index is 10.4. The highest BCUT2D eigenvalue weighted by Gasteiger charge is 2.37. The molecule has 2 aliphatic heterocycles. The molecular weight excluding hydrogens is 440 g/mol. The fourth-order valence-electron chi connectivity index (χ4n) is 5.98. The van der Waals surface area contributed by atoms with Crippen LogP contribution in [0, 0.1) is 0 Å². The molecule has 6 heteroatoms. The molecule has 1 atom stereocenters. The monoisotopic (exact) mass is 478 g/mol. The van der Waals surface area contributed by atoms with E-state index in [0.717, 1.165) is 54.1 Å². The number of hydrogen-bond acceptors (Lipinski definition) is 6. The van der Waals surface area contributed by atoms with Crippen molar-refractivity contribution < 1.29 is 19.4 Å². The largest absolute Gasteiger partial charge is 0.492 e. The van der Waals surface area contributed by atoms with Gasteiger partial charge in [-0.15, -0.1) is 0 Å². The molecule has 0 fully saturated rings. The van der Waals surface area contributed by atoms with Crippen LogP contribution in [0.1, 0.15) is 86.9 Å². The van der Waals surface area contributed by atoms with Crippen molar-refractivity contribution in [3.05, 3.63) is 51.6 Å². The number of benzene rings is 2. The summed E-state index contributed by atoms with van der Waals surface area (Å²) in [5.41, 5.74) is 8.24. The number of rotatable bonds is 4. The van der Waals surface area contributed by atoms with Gasteiger partial charge in [-0.3, -0.25) is 4.90 Å². The quantitative estimate of drug-likeness (QED) is 0.345. The van der Waals surface area contributed by atoms with Crippen molar-refractivity contribution in [2.75, 3.05) is 27.5 Å². The van der Waals surface area contributed by atoms with E-state index in [-0.39, 0.29) is 23.7 Å². The minimum atomic E-state index is -0.00236. The maximum Gasteiger partial charge on any atom is 0.231 e. The number of hydrogen-bond donors (Lipinski definition) is 1. The smallest absolute Gasteiger partial charge is 0.231 e. The average Bonchev–Trinajstić information content (AvgIpc) is 3.40. The average molecular weight is 479 g/mol. The van der Waals surface area contributed by atoms with Gasteiger partial charge in [0, 0.05) is 30.1 Å². The molecule has 0 amide bonds. The molecule has 1 N–H and O–H groups in total. The van der Waals surface area contributed by atoms with Gasteiger partial charge in [0.15, 0.2) is 11.5 Å². The molecule has 0 radical (unpaired) electrons. The second-order valence-corrected chi connectivity index (χ2v) is 11.9. The molecule has 2 heterocycles. The Balaban J connectivity index is 1.61. The van der Waals surface area contributed by atoms with Crippen LogP contribution in [0.25, 0.3) is 0 Å². The molecule has 1 aliphatic carbocycles. The first-order valence-electron chi connectivity index (χ1n) is 12.6. The van der Waals surface area contributed by atoms with Gasteiger partial charge in [0.2, 0.25) is 12.5 Å². The van der Waals surface area contributed by atoms with Gasteiger partial charge in [0.05, 0.1) is 12.8 Å². The highest BCUT2D eigenvalue weighted by atomic mass is 16.7. The Morgan fingerprint density at radius 2 is 1.97 bits per heavy atom. The van der Waals surface area contributed by atoms with Crippen LogP contribution in [-0.4, -0.2) is 43.3 Å². The highest BCUT2D eigenvalue weighted by Crippen LogP contribution is 2.50. The van der Waals surface area contributed by atoms with E-state index in [0.29, 0.717) is 12.2 Å². The third-order valence-corrected chi connectivity index (χ3v) is 8.21. The molecular formula is C29H38N2O4. The molecule has 0 aromatic heterocycles.